The number of nitrogens with zero attached hydrogens (tertiary/aromatic N) is 1. The fraction of sp³-hybridized carbons (Fsp3) is 0.889. The summed E-state index contributed by atoms with van der Waals surface area (Å²) in [6.07, 6.45) is -5.82. The van der Waals surface area contributed by atoms with Crippen molar-refractivity contribution in [2.24, 2.45) is 11.7 Å². The van der Waals surface area contributed by atoms with Gasteiger partial charge in [-0.2, -0.15) is 13.2 Å². The van der Waals surface area contributed by atoms with Crippen LogP contribution >= 0.6 is 0 Å². The highest BCUT2D eigenvalue weighted by Gasteiger charge is 2.46. The summed E-state index contributed by atoms with van der Waals surface area (Å²) in [5.74, 6) is -0.725. The summed E-state index contributed by atoms with van der Waals surface area (Å²) in [6, 6.07) is 0. The second-order valence-corrected chi connectivity index (χ2v) is 4.43. The van der Waals surface area contributed by atoms with Crippen molar-refractivity contribution in [3.63, 3.8) is 0 Å². The van der Waals surface area contributed by atoms with E-state index in [1.54, 1.807) is 0 Å². The van der Waals surface area contributed by atoms with Gasteiger partial charge in [-0.3, -0.25) is 4.79 Å². The molecular weight excluding hydrogens is 209 g/mol. The molecule has 2 N–H and O–H groups in total. The Hall–Kier alpha value is -0.780. The van der Waals surface area contributed by atoms with Crippen LogP contribution in [0.2, 0.25) is 0 Å². The lowest BCUT2D eigenvalue weighted by molar-refractivity contribution is -0.167. The van der Waals surface area contributed by atoms with Crippen LogP contribution in [-0.2, 0) is 4.79 Å². The third kappa shape index (κ3) is 2.84. The van der Waals surface area contributed by atoms with Gasteiger partial charge < -0.3 is 10.6 Å². The van der Waals surface area contributed by atoms with Gasteiger partial charge in [0.1, 0.15) is 6.42 Å². The summed E-state index contributed by atoms with van der Waals surface area (Å²) in [5.41, 5.74) is 5.35. The first-order valence-corrected chi connectivity index (χ1v) is 4.77. The summed E-state index contributed by atoms with van der Waals surface area (Å²) in [4.78, 5) is 12.3. The van der Waals surface area contributed by atoms with Gasteiger partial charge >= 0.3 is 6.18 Å². The minimum absolute atomic E-state index is 0.160. The molecule has 15 heavy (non-hydrogen) atoms. The molecule has 1 aliphatic rings. The highest BCUT2D eigenvalue weighted by atomic mass is 19.4. The summed E-state index contributed by atoms with van der Waals surface area (Å²) in [6.45, 7) is 4.23. The molecule has 0 aromatic rings. The molecule has 1 fully saturated rings. The van der Waals surface area contributed by atoms with Crippen LogP contribution < -0.4 is 5.73 Å². The van der Waals surface area contributed by atoms with Crippen molar-refractivity contribution >= 4 is 5.91 Å². The first kappa shape index (κ1) is 12.3. The van der Waals surface area contributed by atoms with Crippen LogP contribution in [0.4, 0.5) is 13.2 Å². The molecule has 3 nitrogen and oxygen atoms in total. The zero-order valence-electron chi connectivity index (χ0n) is 8.77. The van der Waals surface area contributed by atoms with Crippen LogP contribution in [0.15, 0.2) is 0 Å². The van der Waals surface area contributed by atoms with Gasteiger partial charge in [0.2, 0.25) is 5.91 Å². The molecule has 0 atom stereocenters. The average molecular weight is 224 g/mol. The van der Waals surface area contributed by atoms with E-state index in [9.17, 15) is 18.0 Å². The second-order valence-electron chi connectivity index (χ2n) is 4.43. The van der Waals surface area contributed by atoms with Gasteiger partial charge in [-0.25, -0.2) is 0 Å². The smallest absolute Gasteiger partial charge is 0.339 e. The number of hydrogen-bond acceptors (Lipinski definition) is 2. The number of amides is 1. The lowest BCUT2D eigenvalue weighted by atomic mass is 9.80. The van der Waals surface area contributed by atoms with Crippen LogP contribution in [0, 0.1) is 5.92 Å². The van der Waals surface area contributed by atoms with Gasteiger partial charge in [-0.05, 0) is 5.92 Å². The largest absolute Gasteiger partial charge is 0.397 e. The third-order valence-corrected chi connectivity index (χ3v) is 2.82. The van der Waals surface area contributed by atoms with Crippen LogP contribution in [0.25, 0.3) is 0 Å². The Morgan fingerprint density at radius 3 is 2.27 bits per heavy atom. The maximum absolute atomic E-state index is 11.9. The fourth-order valence-electron chi connectivity index (χ4n) is 1.49. The summed E-state index contributed by atoms with van der Waals surface area (Å²) in [5, 5.41) is 0. The van der Waals surface area contributed by atoms with E-state index in [0.29, 0.717) is 0 Å². The second kappa shape index (κ2) is 3.66. The molecule has 1 rings (SSSR count). The zero-order valence-corrected chi connectivity index (χ0v) is 8.77. The monoisotopic (exact) mass is 224 g/mol. The van der Waals surface area contributed by atoms with Crippen LogP contribution in [0.1, 0.15) is 20.3 Å². The SMILES string of the molecule is CC(C)C1(N)CN(C(=O)CC(F)(F)F)C1. The standard InChI is InChI=1S/C9H15F3N2O/c1-6(2)8(13)4-14(5-8)7(15)3-9(10,11)12/h6H,3-5,13H2,1-2H3. The predicted molar refractivity (Wildman–Crippen MR) is 49.0 cm³/mol. The fourth-order valence-corrected chi connectivity index (χ4v) is 1.49. The van der Waals surface area contributed by atoms with E-state index in [1.807, 2.05) is 13.8 Å². The van der Waals surface area contributed by atoms with Crippen LogP contribution in [0.3, 0.4) is 0 Å². The number of carbonyl (C=O) groups is 1. The van der Waals surface area contributed by atoms with Crippen molar-refractivity contribution in [3.05, 3.63) is 0 Å². The minimum atomic E-state index is -4.43. The van der Waals surface area contributed by atoms with Gasteiger partial charge in [-0.1, -0.05) is 13.8 Å². The van der Waals surface area contributed by atoms with Crippen molar-refractivity contribution in [1.82, 2.24) is 4.90 Å². The molecule has 1 amide bonds. The molecule has 0 aliphatic carbocycles. The maximum atomic E-state index is 11.9. The molecule has 1 saturated heterocycles. The molecule has 6 heteroatoms. The van der Waals surface area contributed by atoms with Crippen molar-refractivity contribution < 1.29 is 18.0 Å². The van der Waals surface area contributed by atoms with Gasteiger partial charge in [0.25, 0.3) is 0 Å². The van der Waals surface area contributed by atoms with Crippen LogP contribution in [-0.4, -0.2) is 35.6 Å². The molecule has 1 heterocycles. The Labute approximate surface area is 86.4 Å². The maximum Gasteiger partial charge on any atom is 0.397 e. The zero-order chi connectivity index (χ0) is 11.9. The number of carbonyl (C=O) groups excluding carboxylic acids is 1. The Morgan fingerprint density at radius 1 is 1.47 bits per heavy atom. The Balaban J connectivity index is 2.42. The van der Waals surface area contributed by atoms with Gasteiger partial charge in [0, 0.05) is 13.1 Å². The molecule has 0 radical (unpaired) electrons. The van der Waals surface area contributed by atoms with E-state index < -0.39 is 24.0 Å². The van der Waals surface area contributed by atoms with Crippen LogP contribution in [0.5, 0.6) is 0 Å². The van der Waals surface area contributed by atoms with E-state index in [1.165, 1.54) is 0 Å². The van der Waals surface area contributed by atoms with Crippen molar-refractivity contribution in [3.8, 4) is 0 Å². The molecular formula is C9H15F3N2O. The van der Waals surface area contributed by atoms with Crippen molar-refractivity contribution in [1.29, 1.82) is 0 Å². The van der Waals surface area contributed by atoms with E-state index in [0.717, 1.165) is 4.90 Å². The molecule has 0 unspecified atom stereocenters. The molecule has 0 bridgehead atoms. The Morgan fingerprint density at radius 2 is 1.93 bits per heavy atom. The topological polar surface area (TPSA) is 46.3 Å². The van der Waals surface area contributed by atoms with Gasteiger partial charge in [-0.15, -0.1) is 0 Å². The van der Waals surface area contributed by atoms with E-state index in [2.05, 4.69) is 0 Å². The highest BCUT2D eigenvalue weighted by molar-refractivity contribution is 5.78. The number of hydrogen-bond donors (Lipinski definition) is 1. The third-order valence-electron chi connectivity index (χ3n) is 2.82. The van der Waals surface area contributed by atoms with Crippen molar-refractivity contribution in [2.75, 3.05) is 13.1 Å². The first-order valence-electron chi connectivity index (χ1n) is 4.77. The number of nitrogens with two attached hydrogens (primary N) is 1. The quantitative estimate of drug-likeness (QED) is 0.764. The van der Waals surface area contributed by atoms with Gasteiger partial charge in [0.05, 0.1) is 5.54 Å². The van der Waals surface area contributed by atoms with E-state index in [4.69, 9.17) is 5.73 Å². The van der Waals surface area contributed by atoms with Gasteiger partial charge in [0.15, 0.2) is 0 Å². The number of halogens is 3. The molecule has 0 aromatic carbocycles. The number of alkyl halides is 3. The van der Waals surface area contributed by atoms with E-state index in [-0.39, 0.29) is 19.0 Å². The average Bonchev–Trinajstić information content (AvgIpc) is 1.94. The minimum Gasteiger partial charge on any atom is -0.339 e. The van der Waals surface area contributed by atoms with Crippen molar-refractivity contribution in [2.45, 2.75) is 32.0 Å². The first-order chi connectivity index (χ1) is 6.64. The lowest BCUT2D eigenvalue weighted by Crippen LogP contribution is -2.71. The lowest BCUT2D eigenvalue weighted by Gasteiger charge is -2.50. The number of rotatable bonds is 2. The summed E-state index contributed by atoms with van der Waals surface area (Å²) in [7, 11) is 0. The molecule has 88 valence electrons. The predicted octanol–water partition coefficient (Wildman–Crippen LogP) is 1.13. The molecule has 0 saturated carbocycles. The normalized spacial score (nSPS) is 20.3. The molecule has 0 spiro atoms. The Kier molecular flexibility index (Phi) is 3.00. The summed E-state index contributed by atoms with van der Waals surface area (Å²) < 4.78 is 35.7. The molecule has 0 aromatic heterocycles. The molecule has 1 aliphatic heterocycles. The Bertz CT molecular complexity index is 257. The summed E-state index contributed by atoms with van der Waals surface area (Å²) >= 11 is 0. The highest BCUT2D eigenvalue weighted by Crippen LogP contribution is 2.29. The number of likely N-dealkylation sites (tertiary alicyclic amines) is 1. The van der Waals surface area contributed by atoms with E-state index >= 15 is 0 Å².